The Kier molecular flexibility index (Phi) is 5.70. The Morgan fingerprint density at radius 1 is 1.03 bits per heavy atom. The van der Waals surface area contributed by atoms with Crippen LogP contribution in [0, 0.1) is 0 Å². The number of carbonyl (C=O) groups is 1. The van der Waals surface area contributed by atoms with Gasteiger partial charge in [0.2, 0.25) is 5.95 Å². The van der Waals surface area contributed by atoms with Crippen molar-refractivity contribution in [3.05, 3.63) is 66.9 Å². The van der Waals surface area contributed by atoms with E-state index < -0.39 is 0 Å². The average Bonchev–Trinajstić information content (AvgIpc) is 3.15. The van der Waals surface area contributed by atoms with Gasteiger partial charge in [0.1, 0.15) is 5.75 Å². The summed E-state index contributed by atoms with van der Waals surface area (Å²) >= 11 is 0. The van der Waals surface area contributed by atoms with E-state index >= 15 is 0 Å². The van der Waals surface area contributed by atoms with Crippen molar-refractivity contribution >= 4 is 29.0 Å². The number of rotatable bonds is 6. The Balaban J connectivity index is 1.57. The number of ether oxygens (including phenoxy) is 1. The third kappa shape index (κ3) is 4.75. The average molecular weight is 416 g/mol. The number of nitrogens with one attached hydrogen (secondary N) is 3. The van der Waals surface area contributed by atoms with Gasteiger partial charge in [-0.1, -0.05) is 24.3 Å². The summed E-state index contributed by atoms with van der Waals surface area (Å²) in [4.78, 5) is 16.5. The second kappa shape index (κ2) is 8.74. The Morgan fingerprint density at radius 3 is 2.68 bits per heavy atom. The van der Waals surface area contributed by atoms with Gasteiger partial charge in [0.15, 0.2) is 5.65 Å². The highest BCUT2D eigenvalue weighted by atomic mass is 16.5. The predicted octanol–water partition coefficient (Wildman–Crippen LogP) is 4.68. The Morgan fingerprint density at radius 2 is 1.87 bits per heavy atom. The van der Waals surface area contributed by atoms with Crippen LogP contribution in [0.25, 0.3) is 16.8 Å². The zero-order valence-electron chi connectivity index (χ0n) is 17.6. The van der Waals surface area contributed by atoms with E-state index in [4.69, 9.17) is 4.74 Å². The lowest BCUT2D eigenvalue weighted by molar-refractivity contribution is 0.250. The molecule has 8 nitrogen and oxygen atoms in total. The van der Waals surface area contributed by atoms with Gasteiger partial charge in [0.25, 0.3) is 0 Å². The Bertz CT molecular complexity index is 1220. The molecule has 0 saturated heterocycles. The minimum atomic E-state index is -0.231. The molecule has 158 valence electrons. The molecule has 0 unspecified atom stereocenters. The zero-order valence-corrected chi connectivity index (χ0v) is 17.6. The summed E-state index contributed by atoms with van der Waals surface area (Å²) in [6.07, 6.45) is 1.91. The summed E-state index contributed by atoms with van der Waals surface area (Å²) in [5.41, 5.74) is 4.13. The van der Waals surface area contributed by atoms with Crippen LogP contribution in [0.15, 0.2) is 66.9 Å². The summed E-state index contributed by atoms with van der Waals surface area (Å²) in [7, 11) is 1.62. The van der Waals surface area contributed by atoms with Crippen LogP contribution in [0.3, 0.4) is 0 Å². The smallest absolute Gasteiger partial charge is 0.319 e. The van der Waals surface area contributed by atoms with Crippen LogP contribution in [-0.4, -0.2) is 33.8 Å². The number of para-hydroxylation sites is 2. The van der Waals surface area contributed by atoms with E-state index in [9.17, 15) is 4.79 Å². The molecule has 4 rings (SSSR count). The van der Waals surface area contributed by atoms with E-state index in [1.165, 1.54) is 0 Å². The molecule has 2 aromatic heterocycles. The second-order valence-corrected chi connectivity index (χ2v) is 7.32. The van der Waals surface area contributed by atoms with Crippen molar-refractivity contribution in [3.63, 3.8) is 0 Å². The number of aromatic nitrogens is 3. The van der Waals surface area contributed by atoms with E-state index in [2.05, 4.69) is 26.0 Å². The van der Waals surface area contributed by atoms with E-state index in [-0.39, 0.29) is 12.1 Å². The normalized spacial score (nSPS) is 10.8. The molecule has 8 heteroatoms. The van der Waals surface area contributed by atoms with Crippen LogP contribution in [0.5, 0.6) is 5.75 Å². The standard InChI is InChI=1S/C23H24N6O2/c1-15(2)24-23(30)25-18-8-6-7-16(13-18)17-11-12-21-27-22(28-29(21)14-17)26-19-9-4-5-10-20(19)31-3/h4-15H,1-3H3,(H,26,28)(H2,24,25,30). The summed E-state index contributed by atoms with van der Waals surface area (Å²) in [5, 5.41) is 13.4. The van der Waals surface area contributed by atoms with Crippen molar-refractivity contribution in [2.24, 2.45) is 0 Å². The molecule has 31 heavy (non-hydrogen) atoms. The number of methoxy groups -OCH3 is 1. The number of benzene rings is 2. The quantitative estimate of drug-likeness (QED) is 0.424. The van der Waals surface area contributed by atoms with E-state index in [0.717, 1.165) is 16.8 Å². The SMILES string of the molecule is COc1ccccc1Nc1nc2ccc(-c3cccc(NC(=O)NC(C)C)c3)cn2n1. The first kappa shape index (κ1) is 20.2. The fourth-order valence-electron chi connectivity index (χ4n) is 3.18. The molecular formula is C23H24N6O2. The van der Waals surface area contributed by atoms with Gasteiger partial charge >= 0.3 is 6.03 Å². The molecule has 0 aliphatic carbocycles. The number of anilines is 3. The topological polar surface area (TPSA) is 92.6 Å². The van der Waals surface area contributed by atoms with E-state index in [1.54, 1.807) is 11.6 Å². The van der Waals surface area contributed by atoms with Gasteiger partial charge in [-0.15, -0.1) is 5.10 Å². The van der Waals surface area contributed by atoms with Gasteiger partial charge in [-0.05, 0) is 55.8 Å². The molecule has 2 heterocycles. The minimum absolute atomic E-state index is 0.0663. The van der Waals surface area contributed by atoms with E-state index in [1.807, 2.05) is 80.7 Å². The largest absolute Gasteiger partial charge is 0.495 e. The number of hydrogen-bond acceptors (Lipinski definition) is 5. The molecule has 0 atom stereocenters. The highest BCUT2D eigenvalue weighted by molar-refractivity contribution is 5.90. The number of urea groups is 1. The van der Waals surface area contributed by atoms with Gasteiger partial charge in [0, 0.05) is 23.5 Å². The monoisotopic (exact) mass is 416 g/mol. The molecule has 0 aliphatic rings. The highest BCUT2D eigenvalue weighted by Gasteiger charge is 2.09. The molecule has 0 radical (unpaired) electrons. The molecule has 4 aromatic rings. The lowest BCUT2D eigenvalue weighted by atomic mass is 10.1. The zero-order chi connectivity index (χ0) is 21.8. The Hall–Kier alpha value is -4.07. The first-order valence-corrected chi connectivity index (χ1v) is 9.96. The van der Waals surface area contributed by atoms with Crippen LogP contribution in [0.2, 0.25) is 0 Å². The number of amides is 2. The maximum absolute atomic E-state index is 12.0. The third-order valence-electron chi connectivity index (χ3n) is 4.56. The van der Waals surface area contributed by atoms with Crippen LogP contribution in [0.4, 0.5) is 22.1 Å². The van der Waals surface area contributed by atoms with Crippen LogP contribution >= 0.6 is 0 Å². The van der Waals surface area contributed by atoms with Gasteiger partial charge in [0.05, 0.1) is 12.8 Å². The molecule has 0 saturated carbocycles. The van der Waals surface area contributed by atoms with E-state index in [0.29, 0.717) is 23.0 Å². The molecule has 0 spiro atoms. The highest BCUT2D eigenvalue weighted by Crippen LogP contribution is 2.27. The first-order chi connectivity index (χ1) is 15.0. The van der Waals surface area contributed by atoms with Crippen molar-refractivity contribution < 1.29 is 9.53 Å². The lowest BCUT2D eigenvalue weighted by Gasteiger charge is -2.11. The van der Waals surface area contributed by atoms with Crippen LogP contribution < -0.4 is 20.7 Å². The fraction of sp³-hybridized carbons (Fsp3) is 0.174. The van der Waals surface area contributed by atoms with Crippen molar-refractivity contribution in [2.45, 2.75) is 19.9 Å². The molecule has 2 amide bonds. The van der Waals surface area contributed by atoms with Gasteiger partial charge in [-0.2, -0.15) is 4.98 Å². The second-order valence-electron chi connectivity index (χ2n) is 7.32. The summed E-state index contributed by atoms with van der Waals surface area (Å²) < 4.78 is 7.09. The maximum Gasteiger partial charge on any atom is 0.319 e. The van der Waals surface area contributed by atoms with Gasteiger partial charge in [-0.25, -0.2) is 9.31 Å². The van der Waals surface area contributed by atoms with Crippen molar-refractivity contribution in [3.8, 4) is 16.9 Å². The molecule has 3 N–H and O–H groups in total. The first-order valence-electron chi connectivity index (χ1n) is 9.96. The molecular weight excluding hydrogens is 392 g/mol. The molecule has 0 fully saturated rings. The van der Waals surface area contributed by atoms with Crippen molar-refractivity contribution in [1.29, 1.82) is 0 Å². The minimum Gasteiger partial charge on any atom is -0.495 e. The van der Waals surface area contributed by atoms with Crippen molar-refractivity contribution in [1.82, 2.24) is 19.9 Å². The van der Waals surface area contributed by atoms with Crippen LogP contribution in [-0.2, 0) is 0 Å². The number of hydrogen-bond donors (Lipinski definition) is 3. The lowest BCUT2D eigenvalue weighted by Crippen LogP contribution is -2.34. The summed E-state index contributed by atoms with van der Waals surface area (Å²) in [6.45, 7) is 3.83. The summed E-state index contributed by atoms with van der Waals surface area (Å²) in [5.74, 6) is 1.19. The third-order valence-corrected chi connectivity index (χ3v) is 4.56. The van der Waals surface area contributed by atoms with Gasteiger partial charge < -0.3 is 20.7 Å². The number of nitrogens with zero attached hydrogens (tertiary/aromatic N) is 3. The van der Waals surface area contributed by atoms with Gasteiger partial charge in [-0.3, -0.25) is 0 Å². The van der Waals surface area contributed by atoms with Crippen molar-refractivity contribution in [2.75, 3.05) is 17.7 Å². The van der Waals surface area contributed by atoms with Crippen LogP contribution in [0.1, 0.15) is 13.8 Å². The number of fused-ring (bicyclic) bond motifs is 1. The predicted molar refractivity (Wildman–Crippen MR) is 122 cm³/mol. The molecule has 2 aromatic carbocycles. The maximum atomic E-state index is 12.0. The number of carbonyl (C=O) groups excluding carboxylic acids is 1. The Labute approximate surface area is 180 Å². The fourth-order valence-corrected chi connectivity index (χ4v) is 3.18. The summed E-state index contributed by atoms with van der Waals surface area (Å²) in [6, 6.07) is 19.0. The number of pyridine rings is 1. The molecule has 0 bridgehead atoms. The molecule has 0 aliphatic heterocycles.